The normalized spacial score (nSPS) is 12.8. The minimum absolute atomic E-state index is 0.0717. The minimum atomic E-state index is -2.84. The Bertz CT molecular complexity index is 3090. The molecule has 0 amide bonds. The van der Waals surface area contributed by atoms with Crippen molar-refractivity contribution in [1.82, 2.24) is 4.57 Å². The van der Waals surface area contributed by atoms with Gasteiger partial charge in [0.05, 0.1) is 11.0 Å². The molecule has 9 aromatic carbocycles. The summed E-state index contributed by atoms with van der Waals surface area (Å²) in [7, 11) is -2.84. The Hall–Kier alpha value is -6.79. The number of hydrogen-bond donors (Lipinski definition) is 0. The van der Waals surface area contributed by atoms with E-state index in [-0.39, 0.29) is 5.99 Å². The van der Waals surface area contributed by atoms with Crippen molar-refractivity contribution < 1.29 is 4.74 Å². The van der Waals surface area contributed by atoms with E-state index in [2.05, 4.69) is 223 Å². The molecule has 276 valence electrons. The summed E-state index contributed by atoms with van der Waals surface area (Å²) in [6.45, 7) is 0. The van der Waals surface area contributed by atoms with Crippen LogP contribution in [0.3, 0.4) is 0 Å². The lowest BCUT2D eigenvalue weighted by Crippen LogP contribution is -2.75. The van der Waals surface area contributed by atoms with E-state index < -0.39 is 8.07 Å². The second-order valence-corrected chi connectivity index (χ2v) is 20.4. The molecule has 0 N–H and O–H groups in total. The maximum absolute atomic E-state index is 7.12. The quantitative estimate of drug-likeness (QED) is 0.123. The molecule has 0 spiro atoms. The molecule has 2 aliphatic rings. The predicted octanol–water partition coefficient (Wildman–Crippen LogP) is 9.81. The fourth-order valence-corrected chi connectivity index (χ4v) is 16.3. The summed E-state index contributed by atoms with van der Waals surface area (Å²) in [5, 5.41) is 7.95. The van der Waals surface area contributed by atoms with Crippen molar-refractivity contribution in [3.8, 4) is 39.4 Å². The van der Waals surface area contributed by atoms with Gasteiger partial charge in [-0.1, -0.05) is 170 Å². The van der Waals surface area contributed by atoms with Crippen LogP contribution in [0.2, 0.25) is 0 Å². The van der Waals surface area contributed by atoms with E-state index >= 15 is 0 Å². The molecule has 0 bridgehead atoms. The SMILES string of the molecule is c1ccc([Si](c2ccccc2)(c2ccccc2)c2ccccc2-c2cc3c4c(c2)-c2ccccc2SB4c2cc(-n4c5ccccc5c5ccccc54)ccc2O3)cc1. The van der Waals surface area contributed by atoms with Crippen LogP contribution in [0.4, 0.5) is 0 Å². The van der Waals surface area contributed by atoms with Crippen molar-refractivity contribution in [3.05, 3.63) is 218 Å². The fourth-order valence-electron chi connectivity index (χ4n) is 9.94. The highest BCUT2D eigenvalue weighted by Gasteiger charge is 2.44. The lowest BCUT2D eigenvalue weighted by atomic mass is 9.57. The Morgan fingerprint density at radius 2 is 0.983 bits per heavy atom. The van der Waals surface area contributed by atoms with Crippen LogP contribution in [0.1, 0.15) is 0 Å². The van der Waals surface area contributed by atoms with Gasteiger partial charge < -0.3 is 9.30 Å². The van der Waals surface area contributed by atoms with Gasteiger partial charge in [0.25, 0.3) is 5.99 Å². The van der Waals surface area contributed by atoms with Crippen LogP contribution in [0.5, 0.6) is 11.5 Å². The highest BCUT2D eigenvalue weighted by molar-refractivity contribution is 8.28. The van der Waals surface area contributed by atoms with Crippen LogP contribution in [-0.2, 0) is 0 Å². The van der Waals surface area contributed by atoms with E-state index in [4.69, 9.17) is 4.74 Å². The number of nitrogens with zero attached hydrogens (tertiary/aromatic N) is 1. The summed E-state index contributed by atoms with van der Waals surface area (Å²) in [4.78, 5) is 1.29. The highest BCUT2D eigenvalue weighted by Crippen LogP contribution is 2.45. The van der Waals surface area contributed by atoms with Crippen LogP contribution in [0.15, 0.2) is 223 Å². The minimum Gasteiger partial charge on any atom is -0.458 e. The molecule has 2 aliphatic heterocycles. The van der Waals surface area contributed by atoms with Crippen LogP contribution in [0.25, 0.3) is 49.7 Å². The molecular formula is C54H36BNOSSi. The first-order chi connectivity index (χ1) is 29.3. The highest BCUT2D eigenvalue weighted by atomic mass is 32.2. The van der Waals surface area contributed by atoms with Gasteiger partial charge in [0.2, 0.25) is 0 Å². The van der Waals surface area contributed by atoms with E-state index in [1.807, 2.05) is 11.6 Å². The van der Waals surface area contributed by atoms with Crippen LogP contribution >= 0.6 is 11.6 Å². The number of hydrogen-bond acceptors (Lipinski definition) is 2. The number of aromatic nitrogens is 1. The monoisotopic (exact) mass is 785 g/mol. The maximum Gasteiger partial charge on any atom is 0.289 e. The summed E-state index contributed by atoms with van der Waals surface area (Å²) in [5.41, 5.74) is 10.9. The van der Waals surface area contributed by atoms with Crippen LogP contribution in [0, 0.1) is 0 Å². The molecule has 1 aromatic heterocycles. The Kier molecular flexibility index (Phi) is 7.94. The van der Waals surface area contributed by atoms with Crippen molar-refractivity contribution in [1.29, 1.82) is 0 Å². The third-order valence-corrected chi connectivity index (χ3v) is 18.6. The zero-order valence-corrected chi connectivity index (χ0v) is 33.9. The number of rotatable bonds is 6. The fraction of sp³-hybridized carbons (Fsp3) is 0. The van der Waals surface area contributed by atoms with Gasteiger partial charge >= 0.3 is 0 Å². The first-order valence-electron chi connectivity index (χ1n) is 20.3. The summed E-state index contributed by atoms with van der Waals surface area (Å²) in [6, 6.07) is 80.7. The summed E-state index contributed by atoms with van der Waals surface area (Å²) in [6.07, 6.45) is 0. The third kappa shape index (κ3) is 5.22. The molecule has 0 radical (unpaired) electrons. The van der Waals surface area contributed by atoms with Crippen molar-refractivity contribution in [2.75, 3.05) is 0 Å². The Morgan fingerprint density at radius 1 is 0.441 bits per heavy atom. The molecule has 12 rings (SSSR count). The molecule has 0 atom stereocenters. The number of benzene rings is 9. The molecule has 0 unspecified atom stereocenters. The molecule has 0 fully saturated rings. The van der Waals surface area contributed by atoms with Crippen LogP contribution < -0.4 is 36.4 Å². The first-order valence-corrected chi connectivity index (χ1v) is 23.2. The van der Waals surface area contributed by atoms with E-state index in [0.717, 1.165) is 17.2 Å². The molecule has 5 heteroatoms. The van der Waals surface area contributed by atoms with Gasteiger partial charge in [0.15, 0.2) is 8.07 Å². The molecular weight excluding hydrogens is 750 g/mol. The maximum atomic E-state index is 7.12. The van der Waals surface area contributed by atoms with E-state index in [0.29, 0.717) is 0 Å². The van der Waals surface area contributed by atoms with Gasteiger partial charge in [0, 0.05) is 21.4 Å². The van der Waals surface area contributed by atoms with Gasteiger partial charge in [0.1, 0.15) is 11.5 Å². The van der Waals surface area contributed by atoms with Gasteiger partial charge in [-0.25, -0.2) is 0 Å². The molecule has 10 aromatic rings. The van der Waals surface area contributed by atoms with E-state index in [1.54, 1.807) is 0 Å². The van der Waals surface area contributed by atoms with Crippen molar-refractivity contribution in [2.24, 2.45) is 0 Å². The Balaban J connectivity index is 1.08. The average molecular weight is 786 g/mol. The average Bonchev–Trinajstić information content (AvgIpc) is 3.65. The Morgan fingerprint density at radius 3 is 1.63 bits per heavy atom. The first kappa shape index (κ1) is 34.3. The summed E-state index contributed by atoms with van der Waals surface area (Å²) < 4.78 is 9.52. The standard InChI is InChI=1S/C54H36BNOSSi/c1-4-18-39(19-5-1)59(40-20-6-2-7-21-40,41-22-8-3-9-23-41)53-31-17-13-24-42(53)37-34-46-45-27-12-16-30-52(45)58-55-47-36-38(32-33-50(47)57-51(35-37)54(46)55)56-48-28-14-10-25-43(48)44-26-11-15-29-49(44)56/h1-36H. The predicted molar refractivity (Wildman–Crippen MR) is 253 cm³/mol. The summed E-state index contributed by atoms with van der Waals surface area (Å²) >= 11 is 1.94. The molecule has 2 nitrogen and oxygen atoms in total. The smallest absolute Gasteiger partial charge is 0.289 e. The second-order valence-electron chi connectivity index (χ2n) is 15.5. The third-order valence-electron chi connectivity index (χ3n) is 12.4. The lowest BCUT2D eigenvalue weighted by Gasteiger charge is -2.36. The van der Waals surface area contributed by atoms with Crippen LogP contribution in [-0.4, -0.2) is 18.6 Å². The van der Waals surface area contributed by atoms with Crippen molar-refractivity contribution in [3.63, 3.8) is 0 Å². The number of ether oxygens (including phenoxy) is 1. The van der Waals surface area contributed by atoms with Crippen molar-refractivity contribution >= 4 is 79.2 Å². The van der Waals surface area contributed by atoms with Gasteiger partial charge in [-0.2, -0.15) is 11.6 Å². The van der Waals surface area contributed by atoms with E-state index in [9.17, 15) is 0 Å². The van der Waals surface area contributed by atoms with Crippen molar-refractivity contribution in [2.45, 2.75) is 4.90 Å². The summed E-state index contributed by atoms with van der Waals surface area (Å²) in [5.74, 6) is 1.92. The molecule has 0 saturated heterocycles. The Labute approximate surface area is 349 Å². The molecule has 0 aliphatic carbocycles. The number of fused-ring (bicyclic) bond motifs is 7. The van der Waals surface area contributed by atoms with Gasteiger partial charge in [-0.05, 0) is 102 Å². The van der Waals surface area contributed by atoms with Gasteiger partial charge in [-0.3, -0.25) is 0 Å². The largest absolute Gasteiger partial charge is 0.458 e. The molecule has 0 saturated carbocycles. The number of para-hydroxylation sites is 2. The topological polar surface area (TPSA) is 14.2 Å². The lowest BCUT2D eigenvalue weighted by molar-refractivity contribution is 0.488. The molecule has 3 heterocycles. The van der Waals surface area contributed by atoms with Gasteiger partial charge in [-0.15, -0.1) is 0 Å². The zero-order valence-electron chi connectivity index (χ0n) is 32.1. The molecule has 59 heavy (non-hydrogen) atoms. The zero-order chi connectivity index (χ0) is 38.9. The van der Waals surface area contributed by atoms with E-state index in [1.165, 1.54) is 80.6 Å². The second kappa shape index (κ2) is 13.7.